The zero-order chi connectivity index (χ0) is 22.0. The number of nitrogens with one attached hydrogen (secondary N) is 2. The molecule has 31 heavy (non-hydrogen) atoms. The number of aromatic nitrogens is 1. The number of benzene rings is 2. The van der Waals surface area contributed by atoms with Gasteiger partial charge in [0.2, 0.25) is 0 Å². The van der Waals surface area contributed by atoms with Gasteiger partial charge in [-0.1, -0.05) is 29.4 Å². The fourth-order valence-corrected chi connectivity index (χ4v) is 3.22. The van der Waals surface area contributed by atoms with E-state index in [0.29, 0.717) is 28.2 Å². The number of hydrogen-bond donors (Lipinski definition) is 2. The normalized spacial score (nSPS) is 10.8. The van der Waals surface area contributed by atoms with Crippen LogP contribution in [0.3, 0.4) is 0 Å². The third-order valence-electron chi connectivity index (χ3n) is 5.00. The SMILES string of the molecule is Cc1noc(C)c1COc1cccc(C(=O)NNC(=O)c2oc3ccccc3c2C)c1. The molecule has 0 aliphatic heterocycles. The molecule has 0 aliphatic carbocycles. The minimum atomic E-state index is -0.534. The predicted octanol–water partition coefficient (Wildman–Crippen LogP) is 4.00. The lowest BCUT2D eigenvalue weighted by atomic mass is 10.1. The number of aryl methyl sites for hydroxylation is 3. The molecule has 2 N–H and O–H groups in total. The quantitative estimate of drug-likeness (QED) is 0.474. The highest BCUT2D eigenvalue weighted by molar-refractivity contribution is 6.01. The van der Waals surface area contributed by atoms with Gasteiger partial charge in [-0.2, -0.15) is 0 Å². The maximum atomic E-state index is 12.5. The van der Waals surface area contributed by atoms with Crippen LogP contribution in [0.5, 0.6) is 5.75 Å². The molecule has 2 aromatic heterocycles. The molecule has 0 spiro atoms. The number of amides is 2. The molecule has 8 nitrogen and oxygen atoms in total. The molecule has 0 radical (unpaired) electrons. The highest BCUT2D eigenvalue weighted by Crippen LogP contribution is 2.24. The van der Waals surface area contributed by atoms with Crippen LogP contribution in [0, 0.1) is 20.8 Å². The van der Waals surface area contributed by atoms with Crippen molar-refractivity contribution in [1.82, 2.24) is 16.0 Å². The van der Waals surface area contributed by atoms with Gasteiger partial charge in [0, 0.05) is 16.5 Å². The first-order valence-electron chi connectivity index (χ1n) is 9.67. The second-order valence-corrected chi connectivity index (χ2v) is 7.08. The summed E-state index contributed by atoms with van der Waals surface area (Å²) in [7, 11) is 0. The topological polar surface area (TPSA) is 107 Å². The van der Waals surface area contributed by atoms with Gasteiger partial charge in [0.05, 0.1) is 11.3 Å². The Morgan fingerprint density at radius 1 is 1.00 bits per heavy atom. The average Bonchev–Trinajstić information content (AvgIpc) is 3.29. The summed E-state index contributed by atoms with van der Waals surface area (Å²) in [6.07, 6.45) is 0. The lowest BCUT2D eigenvalue weighted by Crippen LogP contribution is -2.41. The van der Waals surface area contributed by atoms with Crippen LogP contribution in [-0.2, 0) is 6.61 Å². The van der Waals surface area contributed by atoms with Crippen LogP contribution < -0.4 is 15.6 Å². The van der Waals surface area contributed by atoms with Crippen LogP contribution in [0.1, 0.15) is 43.5 Å². The summed E-state index contributed by atoms with van der Waals surface area (Å²) in [5.74, 6) is 0.331. The van der Waals surface area contributed by atoms with Crippen molar-refractivity contribution in [2.75, 3.05) is 0 Å². The van der Waals surface area contributed by atoms with Crippen molar-refractivity contribution in [3.05, 3.63) is 82.4 Å². The van der Waals surface area contributed by atoms with Crippen LogP contribution in [0.4, 0.5) is 0 Å². The molecule has 8 heteroatoms. The van der Waals surface area contributed by atoms with Crippen LogP contribution in [0.15, 0.2) is 57.5 Å². The Labute approximate surface area is 178 Å². The second-order valence-electron chi connectivity index (χ2n) is 7.08. The van der Waals surface area contributed by atoms with E-state index in [2.05, 4.69) is 16.0 Å². The molecule has 4 aromatic rings. The molecule has 2 aromatic carbocycles. The summed E-state index contributed by atoms with van der Waals surface area (Å²) in [5.41, 5.74) is 8.07. The van der Waals surface area contributed by atoms with Gasteiger partial charge in [0.1, 0.15) is 23.7 Å². The van der Waals surface area contributed by atoms with E-state index in [9.17, 15) is 9.59 Å². The third kappa shape index (κ3) is 4.13. The fraction of sp³-hybridized carbons (Fsp3) is 0.174. The van der Waals surface area contributed by atoms with Gasteiger partial charge in [0.15, 0.2) is 5.76 Å². The summed E-state index contributed by atoms with van der Waals surface area (Å²) in [5, 5.41) is 4.74. The second kappa shape index (κ2) is 8.35. The van der Waals surface area contributed by atoms with Crippen LogP contribution >= 0.6 is 0 Å². The third-order valence-corrected chi connectivity index (χ3v) is 5.00. The summed E-state index contributed by atoms with van der Waals surface area (Å²) in [6.45, 7) is 5.72. The number of fused-ring (bicyclic) bond motifs is 1. The van der Waals surface area contributed by atoms with E-state index in [1.54, 1.807) is 37.3 Å². The number of nitrogens with zero attached hydrogens (tertiary/aromatic N) is 1. The fourth-order valence-electron chi connectivity index (χ4n) is 3.22. The molecule has 158 valence electrons. The van der Waals surface area contributed by atoms with E-state index < -0.39 is 11.8 Å². The molecular formula is C23H21N3O5. The predicted molar refractivity (Wildman–Crippen MR) is 113 cm³/mol. The minimum absolute atomic E-state index is 0.151. The summed E-state index contributed by atoms with van der Waals surface area (Å²) < 4.78 is 16.5. The number of hydrogen-bond acceptors (Lipinski definition) is 6. The van der Waals surface area contributed by atoms with Crippen LogP contribution in [0.25, 0.3) is 11.0 Å². The van der Waals surface area contributed by atoms with Gasteiger partial charge in [-0.3, -0.25) is 20.4 Å². The zero-order valence-electron chi connectivity index (χ0n) is 17.3. The number of hydrazine groups is 1. The molecule has 0 saturated carbocycles. The molecule has 0 bridgehead atoms. The van der Waals surface area contributed by atoms with Crippen molar-refractivity contribution in [2.45, 2.75) is 27.4 Å². The molecule has 0 fully saturated rings. The average molecular weight is 419 g/mol. The number of ether oxygens (including phenoxy) is 1. The molecule has 0 aliphatic rings. The molecule has 0 atom stereocenters. The molecule has 2 amide bonds. The minimum Gasteiger partial charge on any atom is -0.489 e. The van der Waals surface area contributed by atoms with Crippen molar-refractivity contribution in [1.29, 1.82) is 0 Å². The zero-order valence-corrected chi connectivity index (χ0v) is 17.3. The number of para-hydroxylation sites is 1. The van der Waals surface area contributed by atoms with E-state index in [1.807, 2.05) is 32.0 Å². The highest BCUT2D eigenvalue weighted by Gasteiger charge is 2.18. The van der Waals surface area contributed by atoms with Gasteiger partial charge in [-0.25, -0.2) is 0 Å². The smallest absolute Gasteiger partial charge is 0.305 e. The first kappa shape index (κ1) is 20.2. The van der Waals surface area contributed by atoms with Crippen molar-refractivity contribution in [3.63, 3.8) is 0 Å². The van der Waals surface area contributed by atoms with E-state index in [-0.39, 0.29) is 12.4 Å². The Kier molecular flexibility index (Phi) is 5.44. The standard InChI is InChI=1S/C23H21N3O5/c1-13-18-9-4-5-10-20(18)30-21(13)23(28)25-24-22(27)16-7-6-8-17(11-16)29-12-19-14(2)26-31-15(19)3/h4-11H,12H2,1-3H3,(H,24,27)(H,25,28). The first-order valence-corrected chi connectivity index (χ1v) is 9.67. The van der Waals surface area contributed by atoms with E-state index in [4.69, 9.17) is 13.7 Å². The van der Waals surface area contributed by atoms with Gasteiger partial charge >= 0.3 is 5.91 Å². The van der Waals surface area contributed by atoms with Crippen molar-refractivity contribution < 1.29 is 23.3 Å². The Balaban J connectivity index is 1.40. The van der Waals surface area contributed by atoms with Gasteiger partial charge < -0.3 is 13.7 Å². The Hall–Kier alpha value is -4.07. The first-order chi connectivity index (χ1) is 14.9. The molecule has 4 rings (SSSR count). The summed E-state index contributed by atoms with van der Waals surface area (Å²) in [6, 6.07) is 14.0. The maximum absolute atomic E-state index is 12.5. The maximum Gasteiger partial charge on any atom is 0.305 e. The highest BCUT2D eigenvalue weighted by atomic mass is 16.5. The lowest BCUT2D eigenvalue weighted by molar-refractivity contribution is 0.0831. The Morgan fingerprint density at radius 3 is 2.52 bits per heavy atom. The van der Waals surface area contributed by atoms with Gasteiger partial charge in [-0.05, 0) is 45.0 Å². The summed E-state index contributed by atoms with van der Waals surface area (Å²) in [4.78, 5) is 25.0. The van der Waals surface area contributed by atoms with Gasteiger partial charge in [-0.15, -0.1) is 0 Å². The van der Waals surface area contributed by atoms with Crippen LogP contribution in [0.2, 0.25) is 0 Å². The number of carbonyl (C=O) groups excluding carboxylic acids is 2. The van der Waals surface area contributed by atoms with Crippen molar-refractivity contribution in [2.24, 2.45) is 0 Å². The molecule has 0 saturated heterocycles. The molecule has 2 heterocycles. The largest absolute Gasteiger partial charge is 0.489 e. The van der Waals surface area contributed by atoms with Crippen molar-refractivity contribution >= 4 is 22.8 Å². The lowest BCUT2D eigenvalue weighted by Gasteiger charge is -2.09. The van der Waals surface area contributed by atoms with E-state index >= 15 is 0 Å². The van der Waals surface area contributed by atoms with E-state index in [1.165, 1.54) is 0 Å². The number of furan rings is 1. The molecular weight excluding hydrogens is 398 g/mol. The number of carbonyl (C=O) groups is 2. The van der Waals surface area contributed by atoms with E-state index in [0.717, 1.165) is 16.6 Å². The van der Waals surface area contributed by atoms with Gasteiger partial charge in [0.25, 0.3) is 5.91 Å². The van der Waals surface area contributed by atoms with Crippen molar-refractivity contribution in [3.8, 4) is 5.75 Å². The monoisotopic (exact) mass is 419 g/mol. The number of rotatable bonds is 5. The Bertz CT molecular complexity index is 1250. The Morgan fingerprint density at radius 2 is 1.77 bits per heavy atom. The molecule has 0 unspecified atom stereocenters. The summed E-state index contributed by atoms with van der Waals surface area (Å²) >= 11 is 0. The van der Waals surface area contributed by atoms with Crippen LogP contribution in [-0.4, -0.2) is 17.0 Å².